The molecule has 2 N–H and O–H groups in total. The number of anilines is 2. The molecule has 1 aliphatic heterocycles. The maximum atomic E-state index is 12.0. The Morgan fingerprint density at radius 3 is 2.71 bits per heavy atom. The van der Waals surface area contributed by atoms with E-state index >= 15 is 0 Å². The first kappa shape index (κ1) is 18.0. The van der Waals surface area contributed by atoms with E-state index in [1.807, 2.05) is 6.07 Å². The fourth-order valence-corrected chi connectivity index (χ4v) is 2.57. The molecule has 2 rings (SSSR count). The Morgan fingerprint density at radius 1 is 1.21 bits per heavy atom. The van der Waals surface area contributed by atoms with Crippen molar-refractivity contribution < 1.29 is 14.4 Å². The van der Waals surface area contributed by atoms with E-state index in [1.54, 1.807) is 23.1 Å². The molecule has 24 heavy (non-hydrogen) atoms. The van der Waals surface area contributed by atoms with Crippen molar-refractivity contribution in [2.24, 2.45) is 5.92 Å². The van der Waals surface area contributed by atoms with Crippen LogP contribution in [0.15, 0.2) is 24.3 Å². The molecule has 3 amide bonds. The highest BCUT2D eigenvalue weighted by Gasteiger charge is 2.20. The highest BCUT2D eigenvalue weighted by Crippen LogP contribution is 2.23. The third kappa shape index (κ3) is 5.08. The number of hydrogen-bond donors (Lipinski definition) is 2. The quantitative estimate of drug-likeness (QED) is 0.813. The summed E-state index contributed by atoms with van der Waals surface area (Å²) < 4.78 is 0. The Kier molecular flexibility index (Phi) is 6.35. The highest BCUT2D eigenvalue weighted by atomic mass is 16.2. The summed E-state index contributed by atoms with van der Waals surface area (Å²) in [4.78, 5) is 37.4. The average molecular weight is 331 g/mol. The third-order valence-corrected chi connectivity index (χ3v) is 3.95. The molecule has 0 aromatic heterocycles. The zero-order valence-corrected chi connectivity index (χ0v) is 14.3. The second-order valence-electron chi connectivity index (χ2n) is 6.45. The zero-order chi connectivity index (χ0) is 17.5. The minimum Gasteiger partial charge on any atom is -0.348 e. The van der Waals surface area contributed by atoms with Crippen LogP contribution >= 0.6 is 0 Å². The number of nitrogens with zero attached hydrogens (tertiary/aromatic N) is 1. The van der Waals surface area contributed by atoms with Crippen LogP contribution in [0.5, 0.6) is 0 Å². The molecule has 0 unspecified atom stereocenters. The topological polar surface area (TPSA) is 78.5 Å². The summed E-state index contributed by atoms with van der Waals surface area (Å²) in [6.45, 7) is 5.28. The van der Waals surface area contributed by atoms with Crippen LogP contribution in [-0.4, -0.2) is 30.8 Å². The molecular weight excluding hydrogens is 306 g/mol. The Hall–Kier alpha value is -2.37. The number of hydrogen-bond acceptors (Lipinski definition) is 3. The maximum Gasteiger partial charge on any atom is 0.313 e. The fourth-order valence-electron chi connectivity index (χ4n) is 2.57. The van der Waals surface area contributed by atoms with Gasteiger partial charge in [0.1, 0.15) is 0 Å². The van der Waals surface area contributed by atoms with Gasteiger partial charge >= 0.3 is 11.8 Å². The Labute approximate surface area is 142 Å². The van der Waals surface area contributed by atoms with Crippen molar-refractivity contribution in [1.82, 2.24) is 5.32 Å². The Bertz CT molecular complexity index is 613. The van der Waals surface area contributed by atoms with Crippen molar-refractivity contribution in [3.05, 3.63) is 24.3 Å². The number of rotatable bonds is 5. The van der Waals surface area contributed by atoms with E-state index < -0.39 is 11.8 Å². The van der Waals surface area contributed by atoms with E-state index in [0.717, 1.165) is 24.9 Å². The van der Waals surface area contributed by atoms with Crippen LogP contribution in [0.2, 0.25) is 0 Å². The van der Waals surface area contributed by atoms with E-state index in [9.17, 15) is 14.4 Å². The first-order valence-corrected chi connectivity index (χ1v) is 8.47. The minimum absolute atomic E-state index is 0.0937. The first-order valence-electron chi connectivity index (χ1n) is 8.47. The number of carbonyl (C=O) groups is 3. The summed E-state index contributed by atoms with van der Waals surface area (Å²) in [5.41, 5.74) is 1.26. The Balaban J connectivity index is 1.95. The second kappa shape index (κ2) is 8.47. The number of amides is 3. The van der Waals surface area contributed by atoms with Gasteiger partial charge in [-0.15, -0.1) is 0 Å². The lowest BCUT2D eigenvalue weighted by atomic mass is 10.1. The van der Waals surface area contributed by atoms with Crippen molar-refractivity contribution in [2.75, 3.05) is 23.3 Å². The van der Waals surface area contributed by atoms with Crippen LogP contribution in [0.3, 0.4) is 0 Å². The van der Waals surface area contributed by atoms with Crippen LogP contribution in [0.1, 0.15) is 39.5 Å². The molecule has 6 nitrogen and oxygen atoms in total. The van der Waals surface area contributed by atoms with Gasteiger partial charge in [-0.05, 0) is 43.4 Å². The van der Waals surface area contributed by atoms with Gasteiger partial charge in [0.05, 0.1) is 0 Å². The van der Waals surface area contributed by atoms with Crippen LogP contribution in [0, 0.1) is 5.92 Å². The van der Waals surface area contributed by atoms with Gasteiger partial charge in [-0.2, -0.15) is 0 Å². The number of nitrogens with one attached hydrogen (secondary N) is 2. The van der Waals surface area contributed by atoms with Gasteiger partial charge < -0.3 is 15.5 Å². The van der Waals surface area contributed by atoms with Crippen molar-refractivity contribution in [1.29, 1.82) is 0 Å². The molecule has 1 aliphatic rings. The minimum atomic E-state index is -0.694. The van der Waals surface area contributed by atoms with Crippen molar-refractivity contribution in [2.45, 2.75) is 39.5 Å². The van der Waals surface area contributed by atoms with Crippen molar-refractivity contribution in [3.63, 3.8) is 0 Å². The summed E-state index contributed by atoms with van der Waals surface area (Å²) in [6, 6.07) is 7.03. The standard InChI is InChI=1S/C18H25N3O3/c1-13(2)9-10-19-17(23)18(24)20-14-6-5-7-15(12-14)21-11-4-3-8-16(21)22/h5-7,12-13H,3-4,8-11H2,1-2H3,(H,19,23)(H,20,24). The molecule has 0 spiro atoms. The van der Waals surface area contributed by atoms with E-state index in [0.29, 0.717) is 31.1 Å². The molecule has 130 valence electrons. The van der Waals surface area contributed by atoms with Crippen molar-refractivity contribution >= 4 is 29.1 Å². The highest BCUT2D eigenvalue weighted by molar-refractivity contribution is 6.39. The first-order chi connectivity index (χ1) is 11.5. The summed E-state index contributed by atoms with van der Waals surface area (Å²) in [5, 5.41) is 5.19. The van der Waals surface area contributed by atoms with Crippen LogP contribution in [0.4, 0.5) is 11.4 Å². The molecule has 0 aliphatic carbocycles. The molecule has 1 aromatic rings. The summed E-state index contributed by atoms with van der Waals surface area (Å²) in [5.74, 6) is -0.778. The van der Waals surface area contributed by atoms with Gasteiger partial charge in [0.15, 0.2) is 0 Å². The smallest absolute Gasteiger partial charge is 0.313 e. The van der Waals surface area contributed by atoms with Gasteiger partial charge in [0.2, 0.25) is 5.91 Å². The molecule has 0 radical (unpaired) electrons. The second-order valence-corrected chi connectivity index (χ2v) is 6.45. The third-order valence-electron chi connectivity index (χ3n) is 3.95. The maximum absolute atomic E-state index is 12.0. The molecule has 1 heterocycles. The monoisotopic (exact) mass is 331 g/mol. The molecule has 6 heteroatoms. The molecule has 1 fully saturated rings. The van der Waals surface area contributed by atoms with E-state index in [2.05, 4.69) is 24.5 Å². The Morgan fingerprint density at radius 2 is 2.00 bits per heavy atom. The largest absolute Gasteiger partial charge is 0.348 e. The van der Waals surface area contributed by atoms with Crippen LogP contribution in [-0.2, 0) is 14.4 Å². The lowest BCUT2D eigenvalue weighted by Crippen LogP contribution is -2.36. The number of benzene rings is 1. The van der Waals surface area contributed by atoms with E-state index in [4.69, 9.17) is 0 Å². The molecule has 0 atom stereocenters. The lowest BCUT2D eigenvalue weighted by Gasteiger charge is -2.27. The molecular formula is C18H25N3O3. The fraction of sp³-hybridized carbons (Fsp3) is 0.500. The van der Waals surface area contributed by atoms with Gasteiger partial charge in [0.25, 0.3) is 0 Å². The van der Waals surface area contributed by atoms with Gasteiger partial charge in [-0.1, -0.05) is 19.9 Å². The van der Waals surface area contributed by atoms with Crippen molar-refractivity contribution in [3.8, 4) is 0 Å². The predicted octanol–water partition coefficient (Wildman–Crippen LogP) is 2.30. The van der Waals surface area contributed by atoms with Gasteiger partial charge in [-0.3, -0.25) is 14.4 Å². The SMILES string of the molecule is CC(C)CCNC(=O)C(=O)Nc1cccc(N2CCCCC2=O)c1. The van der Waals surface area contributed by atoms with Crippen LogP contribution < -0.4 is 15.5 Å². The van der Waals surface area contributed by atoms with Gasteiger partial charge in [0, 0.05) is 30.9 Å². The molecule has 1 saturated heterocycles. The normalized spacial score (nSPS) is 14.6. The molecule has 0 bridgehead atoms. The molecule has 1 aromatic carbocycles. The van der Waals surface area contributed by atoms with E-state index in [-0.39, 0.29) is 5.91 Å². The number of piperidine rings is 1. The molecule has 0 saturated carbocycles. The summed E-state index contributed by atoms with van der Waals surface area (Å²) in [6.07, 6.45) is 3.27. The van der Waals surface area contributed by atoms with E-state index in [1.165, 1.54) is 0 Å². The van der Waals surface area contributed by atoms with Crippen LogP contribution in [0.25, 0.3) is 0 Å². The summed E-state index contributed by atoms with van der Waals surface area (Å²) in [7, 11) is 0. The predicted molar refractivity (Wildman–Crippen MR) is 93.7 cm³/mol. The van der Waals surface area contributed by atoms with Gasteiger partial charge in [-0.25, -0.2) is 0 Å². The number of carbonyl (C=O) groups excluding carboxylic acids is 3. The lowest BCUT2D eigenvalue weighted by molar-refractivity contribution is -0.136. The average Bonchev–Trinajstić information content (AvgIpc) is 2.55. The summed E-state index contributed by atoms with van der Waals surface area (Å²) >= 11 is 0. The zero-order valence-electron chi connectivity index (χ0n) is 14.3.